The van der Waals surface area contributed by atoms with Crippen LogP contribution in [-0.4, -0.2) is 12.1 Å². The van der Waals surface area contributed by atoms with Crippen molar-refractivity contribution in [2.24, 2.45) is 22.8 Å². The molecule has 1 aliphatic rings. The van der Waals surface area contributed by atoms with E-state index in [0.717, 1.165) is 12.5 Å². The van der Waals surface area contributed by atoms with Crippen LogP contribution >= 0.6 is 0 Å². The van der Waals surface area contributed by atoms with Crippen LogP contribution < -0.4 is 11.5 Å². The zero-order valence-corrected chi connectivity index (χ0v) is 11.3. The van der Waals surface area contributed by atoms with Crippen LogP contribution in [0.15, 0.2) is 0 Å². The van der Waals surface area contributed by atoms with Crippen LogP contribution in [0.4, 0.5) is 0 Å². The molecule has 2 nitrogen and oxygen atoms in total. The third-order valence-corrected chi connectivity index (χ3v) is 3.35. The minimum atomic E-state index is 0.127. The normalized spacial score (nSPS) is 31.8. The lowest BCUT2D eigenvalue weighted by molar-refractivity contribution is 0.141. The lowest BCUT2D eigenvalue weighted by Crippen LogP contribution is -2.42. The summed E-state index contributed by atoms with van der Waals surface area (Å²) >= 11 is 0. The van der Waals surface area contributed by atoms with Crippen molar-refractivity contribution in [2.45, 2.75) is 65.8 Å². The molecule has 0 radical (unpaired) electrons. The van der Waals surface area contributed by atoms with E-state index < -0.39 is 0 Å². The van der Waals surface area contributed by atoms with Crippen LogP contribution in [0.25, 0.3) is 0 Å². The fraction of sp³-hybridized carbons (Fsp3) is 1.00. The number of hydrogen-bond donors (Lipinski definition) is 2. The smallest absolute Gasteiger partial charge is 0.0126 e. The van der Waals surface area contributed by atoms with E-state index >= 15 is 0 Å². The summed E-state index contributed by atoms with van der Waals surface area (Å²) in [4.78, 5) is 0. The lowest BCUT2D eigenvalue weighted by Gasteiger charge is -2.40. The topological polar surface area (TPSA) is 52.0 Å². The molecule has 1 fully saturated rings. The van der Waals surface area contributed by atoms with E-state index in [4.69, 9.17) is 11.5 Å². The lowest BCUT2D eigenvalue weighted by atomic mass is 9.68. The van der Waals surface area contributed by atoms with Gasteiger partial charge in [-0.1, -0.05) is 27.7 Å². The van der Waals surface area contributed by atoms with Crippen LogP contribution in [0.2, 0.25) is 0 Å². The molecule has 0 aromatic carbocycles. The molecule has 0 aliphatic heterocycles. The summed E-state index contributed by atoms with van der Waals surface area (Å²) in [7, 11) is 0. The molecule has 2 heteroatoms. The zero-order chi connectivity index (χ0) is 12.1. The van der Waals surface area contributed by atoms with Crippen molar-refractivity contribution in [2.75, 3.05) is 6.54 Å². The summed E-state index contributed by atoms with van der Waals surface area (Å²) in [5.74, 6) is 0.883. The maximum atomic E-state index is 6.08. The van der Waals surface area contributed by atoms with Crippen molar-refractivity contribution < 1.29 is 0 Å². The van der Waals surface area contributed by atoms with Crippen molar-refractivity contribution in [3.8, 4) is 0 Å². The molecule has 0 spiro atoms. The summed E-state index contributed by atoms with van der Waals surface area (Å²) in [6, 6.07) is 0. The Morgan fingerprint density at radius 2 is 1.53 bits per heavy atom. The predicted octanol–water partition coefficient (Wildman–Crippen LogP) is 2.91. The summed E-state index contributed by atoms with van der Waals surface area (Å²) in [6.07, 6.45) is 5.04. The SMILES string of the molecule is CC1(N)CCC(C(C)(C)C)CC1.CCN. The third kappa shape index (κ3) is 6.16. The number of nitrogens with two attached hydrogens (primary N) is 2. The van der Waals surface area contributed by atoms with Crippen molar-refractivity contribution >= 4 is 0 Å². The molecule has 0 aromatic rings. The Morgan fingerprint density at radius 1 is 1.20 bits per heavy atom. The van der Waals surface area contributed by atoms with Crippen LogP contribution in [0.5, 0.6) is 0 Å². The van der Waals surface area contributed by atoms with Crippen molar-refractivity contribution in [3.63, 3.8) is 0 Å². The summed E-state index contributed by atoms with van der Waals surface area (Å²) in [5, 5.41) is 0. The Hall–Kier alpha value is -0.0800. The highest BCUT2D eigenvalue weighted by molar-refractivity contribution is 4.89. The van der Waals surface area contributed by atoms with Gasteiger partial charge < -0.3 is 11.5 Å². The predicted molar refractivity (Wildman–Crippen MR) is 68.7 cm³/mol. The van der Waals surface area contributed by atoms with Crippen molar-refractivity contribution in [1.29, 1.82) is 0 Å². The first-order valence-electron chi connectivity index (χ1n) is 6.22. The Bertz CT molecular complexity index is 158. The molecule has 15 heavy (non-hydrogen) atoms. The first-order chi connectivity index (χ1) is 6.73. The largest absolute Gasteiger partial charge is 0.331 e. The first-order valence-corrected chi connectivity index (χ1v) is 6.22. The Morgan fingerprint density at radius 3 is 1.80 bits per heavy atom. The van der Waals surface area contributed by atoms with Gasteiger partial charge in [0.2, 0.25) is 0 Å². The second-order valence-electron chi connectivity index (χ2n) is 6.20. The summed E-state index contributed by atoms with van der Waals surface area (Å²) in [5.41, 5.74) is 11.5. The molecule has 1 saturated carbocycles. The van der Waals surface area contributed by atoms with Gasteiger partial charge in [-0.25, -0.2) is 0 Å². The van der Waals surface area contributed by atoms with Crippen LogP contribution in [0, 0.1) is 11.3 Å². The number of hydrogen-bond acceptors (Lipinski definition) is 2. The van der Waals surface area contributed by atoms with E-state index in [1.807, 2.05) is 6.92 Å². The average Bonchev–Trinajstić information content (AvgIpc) is 2.02. The molecule has 0 heterocycles. The number of rotatable bonds is 0. The maximum Gasteiger partial charge on any atom is 0.0126 e. The Kier molecular flexibility index (Phi) is 5.82. The van der Waals surface area contributed by atoms with Crippen LogP contribution in [-0.2, 0) is 0 Å². The van der Waals surface area contributed by atoms with Gasteiger partial charge in [-0.2, -0.15) is 0 Å². The Balaban J connectivity index is 0.000000583. The van der Waals surface area contributed by atoms with E-state index in [1.54, 1.807) is 0 Å². The molecule has 92 valence electrons. The average molecular weight is 214 g/mol. The fourth-order valence-corrected chi connectivity index (χ4v) is 2.14. The second kappa shape index (κ2) is 5.86. The standard InChI is InChI=1S/C11H23N.C2H7N/c1-10(2,3)9-5-7-11(4,12)8-6-9;1-2-3/h9H,5-8,12H2,1-4H3;2-3H2,1H3. The van der Waals surface area contributed by atoms with E-state index in [2.05, 4.69) is 27.7 Å². The molecular weight excluding hydrogens is 184 g/mol. The Labute approximate surface area is 95.8 Å². The fourth-order valence-electron chi connectivity index (χ4n) is 2.14. The van der Waals surface area contributed by atoms with Gasteiger partial charge in [0.1, 0.15) is 0 Å². The zero-order valence-electron chi connectivity index (χ0n) is 11.3. The van der Waals surface area contributed by atoms with Gasteiger partial charge in [0, 0.05) is 5.54 Å². The van der Waals surface area contributed by atoms with Gasteiger partial charge >= 0.3 is 0 Å². The van der Waals surface area contributed by atoms with E-state index in [-0.39, 0.29) is 5.54 Å². The molecule has 0 amide bonds. The van der Waals surface area contributed by atoms with Gasteiger partial charge in [0.25, 0.3) is 0 Å². The minimum Gasteiger partial charge on any atom is -0.331 e. The molecule has 0 aromatic heterocycles. The highest BCUT2D eigenvalue weighted by atomic mass is 14.7. The van der Waals surface area contributed by atoms with Gasteiger partial charge in [-0.05, 0) is 50.5 Å². The third-order valence-electron chi connectivity index (χ3n) is 3.35. The van der Waals surface area contributed by atoms with Crippen LogP contribution in [0.3, 0.4) is 0 Å². The molecule has 0 unspecified atom stereocenters. The van der Waals surface area contributed by atoms with Crippen LogP contribution in [0.1, 0.15) is 60.3 Å². The highest BCUT2D eigenvalue weighted by Gasteiger charge is 2.33. The molecule has 1 rings (SSSR count). The molecule has 4 N–H and O–H groups in total. The van der Waals surface area contributed by atoms with Gasteiger partial charge in [-0.3, -0.25) is 0 Å². The van der Waals surface area contributed by atoms with E-state index in [0.29, 0.717) is 5.41 Å². The molecule has 0 saturated heterocycles. The molecule has 0 bridgehead atoms. The van der Waals surface area contributed by atoms with Gasteiger partial charge in [0.05, 0.1) is 0 Å². The molecule has 0 atom stereocenters. The van der Waals surface area contributed by atoms with E-state index in [1.165, 1.54) is 25.7 Å². The summed E-state index contributed by atoms with van der Waals surface area (Å²) in [6.45, 7) is 11.9. The monoisotopic (exact) mass is 214 g/mol. The van der Waals surface area contributed by atoms with Crippen molar-refractivity contribution in [3.05, 3.63) is 0 Å². The highest BCUT2D eigenvalue weighted by Crippen LogP contribution is 2.40. The summed E-state index contributed by atoms with van der Waals surface area (Å²) < 4.78 is 0. The van der Waals surface area contributed by atoms with E-state index in [9.17, 15) is 0 Å². The maximum absolute atomic E-state index is 6.08. The second-order valence-corrected chi connectivity index (χ2v) is 6.20. The first kappa shape index (κ1) is 14.9. The van der Waals surface area contributed by atoms with Crippen molar-refractivity contribution in [1.82, 2.24) is 0 Å². The molecule has 1 aliphatic carbocycles. The minimum absolute atomic E-state index is 0.127. The van der Waals surface area contributed by atoms with Gasteiger partial charge in [0.15, 0.2) is 0 Å². The quantitative estimate of drug-likeness (QED) is 0.651. The molecular formula is C13H30N2. The van der Waals surface area contributed by atoms with Gasteiger partial charge in [-0.15, -0.1) is 0 Å².